The molecule has 0 aromatic heterocycles. The van der Waals surface area contributed by atoms with Crippen molar-refractivity contribution in [3.8, 4) is 5.75 Å². The normalized spacial score (nSPS) is 11.6. The summed E-state index contributed by atoms with van der Waals surface area (Å²) in [5, 5.41) is -0.587. The van der Waals surface area contributed by atoms with Crippen LogP contribution in [-0.4, -0.2) is 7.11 Å². The molecule has 0 aliphatic carbocycles. The van der Waals surface area contributed by atoms with Crippen molar-refractivity contribution in [2.45, 2.75) is 6.18 Å². The zero-order valence-electron chi connectivity index (χ0n) is 6.95. The maximum absolute atomic E-state index is 12.9. The molecule has 0 bridgehead atoms. The van der Waals surface area contributed by atoms with Crippen LogP contribution in [0.3, 0.4) is 0 Å². The van der Waals surface area contributed by atoms with E-state index in [0.29, 0.717) is 0 Å². The highest BCUT2D eigenvalue weighted by molar-refractivity contribution is 6.31. The molecule has 0 atom stereocenters. The van der Waals surface area contributed by atoms with Gasteiger partial charge in [0, 0.05) is 0 Å². The molecular weight excluding hydrogens is 224 g/mol. The third-order valence-corrected chi connectivity index (χ3v) is 1.86. The van der Waals surface area contributed by atoms with Gasteiger partial charge in [0.05, 0.1) is 12.1 Å². The molecule has 0 aliphatic rings. The van der Waals surface area contributed by atoms with E-state index >= 15 is 0 Å². The van der Waals surface area contributed by atoms with E-state index in [9.17, 15) is 17.6 Å². The molecular formula is C8H5ClF4O. The summed E-state index contributed by atoms with van der Waals surface area (Å²) in [6, 6.07) is 1.65. The summed E-state index contributed by atoms with van der Waals surface area (Å²) < 4.78 is 54.2. The van der Waals surface area contributed by atoms with E-state index in [4.69, 9.17) is 11.6 Å². The van der Waals surface area contributed by atoms with Crippen molar-refractivity contribution in [1.29, 1.82) is 0 Å². The Labute approximate surface area is 82.2 Å². The van der Waals surface area contributed by atoms with Gasteiger partial charge in [-0.05, 0) is 12.1 Å². The third kappa shape index (κ3) is 1.92. The topological polar surface area (TPSA) is 9.23 Å². The van der Waals surface area contributed by atoms with E-state index in [1.807, 2.05) is 0 Å². The van der Waals surface area contributed by atoms with E-state index in [0.717, 1.165) is 19.2 Å². The molecule has 0 radical (unpaired) electrons. The number of methoxy groups -OCH3 is 1. The summed E-state index contributed by atoms with van der Waals surface area (Å²) in [5.41, 5.74) is -1.29. The van der Waals surface area contributed by atoms with Crippen LogP contribution in [0.1, 0.15) is 5.56 Å². The van der Waals surface area contributed by atoms with Crippen LogP contribution in [0.4, 0.5) is 17.6 Å². The van der Waals surface area contributed by atoms with Gasteiger partial charge in [0.2, 0.25) is 0 Å². The molecule has 0 heterocycles. The maximum Gasteiger partial charge on any atom is 0.421 e. The second kappa shape index (κ2) is 3.65. The Hall–Kier alpha value is -0.970. The first-order valence-corrected chi connectivity index (χ1v) is 3.85. The fourth-order valence-electron chi connectivity index (χ4n) is 0.997. The van der Waals surface area contributed by atoms with Gasteiger partial charge in [-0.1, -0.05) is 11.6 Å². The van der Waals surface area contributed by atoms with Crippen LogP contribution < -0.4 is 4.74 Å². The Kier molecular flexibility index (Phi) is 2.89. The van der Waals surface area contributed by atoms with Crippen LogP contribution >= 0.6 is 11.6 Å². The summed E-state index contributed by atoms with van der Waals surface area (Å²) >= 11 is 5.30. The Bertz CT molecular complexity index is 348. The van der Waals surface area contributed by atoms with Gasteiger partial charge < -0.3 is 4.74 Å². The Morgan fingerprint density at radius 2 is 1.86 bits per heavy atom. The summed E-state index contributed by atoms with van der Waals surface area (Å²) in [7, 11) is 0.948. The summed E-state index contributed by atoms with van der Waals surface area (Å²) in [6.45, 7) is 0. The van der Waals surface area contributed by atoms with Crippen LogP contribution in [0.15, 0.2) is 12.1 Å². The fraction of sp³-hybridized carbons (Fsp3) is 0.250. The van der Waals surface area contributed by atoms with Crippen molar-refractivity contribution in [3.05, 3.63) is 28.5 Å². The molecule has 0 fully saturated rings. The number of alkyl halides is 3. The minimum absolute atomic E-state index is 0.587. The van der Waals surface area contributed by atoms with E-state index < -0.39 is 28.3 Å². The van der Waals surface area contributed by atoms with Crippen LogP contribution in [0.2, 0.25) is 5.02 Å². The van der Waals surface area contributed by atoms with E-state index in [-0.39, 0.29) is 0 Å². The second-order valence-corrected chi connectivity index (χ2v) is 2.84. The number of ether oxygens (including phenoxy) is 1. The molecule has 0 N–H and O–H groups in total. The number of hydrogen-bond acceptors (Lipinski definition) is 1. The molecule has 1 aromatic carbocycles. The largest absolute Gasteiger partial charge is 0.493 e. The molecule has 1 rings (SSSR count). The van der Waals surface area contributed by atoms with Crippen LogP contribution in [0.25, 0.3) is 0 Å². The molecule has 0 aliphatic heterocycles. The smallest absolute Gasteiger partial charge is 0.421 e. The third-order valence-electron chi connectivity index (χ3n) is 1.55. The molecule has 78 valence electrons. The highest BCUT2D eigenvalue weighted by atomic mass is 35.5. The molecule has 6 heteroatoms. The zero-order valence-corrected chi connectivity index (χ0v) is 7.71. The van der Waals surface area contributed by atoms with Gasteiger partial charge in [0.1, 0.15) is 5.56 Å². The van der Waals surface area contributed by atoms with Crippen molar-refractivity contribution in [2.75, 3.05) is 7.11 Å². The van der Waals surface area contributed by atoms with Crippen molar-refractivity contribution in [1.82, 2.24) is 0 Å². The molecule has 14 heavy (non-hydrogen) atoms. The van der Waals surface area contributed by atoms with Gasteiger partial charge in [0.15, 0.2) is 11.6 Å². The van der Waals surface area contributed by atoms with Gasteiger partial charge >= 0.3 is 6.18 Å². The average Bonchev–Trinajstić information content (AvgIpc) is 2.06. The van der Waals surface area contributed by atoms with E-state index in [2.05, 4.69) is 4.74 Å². The minimum Gasteiger partial charge on any atom is -0.493 e. The Balaban J connectivity index is 3.46. The summed E-state index contributed by atoms with van der Waals surface area (Å²) in [6.07, 6.45) is -4.73. The van der Waals surface area contributed by atoms with Crippen LogP contribution in [0, 0.1) is 5.82 Å². The van der Waals surface area contributed by atoms with Crippen molar-refractivity contribution >= 4 is 11.6 Å². The Morgan fingerprint density at radius 1 is 1.29 bits per heavy atom. The molecule has 0 unspecified atom stereocenters. The van der Waals surface area contributed by atoms with Crippen LogP contribution in [0.5, 0.6) is 5.75 Å². The molecule has 0 amide bonds. The van der Waals surface area contributed by atoms with Gasteiger partial charge in [-0.25, -0.2) is 4.39 Å². The first-order valence-electron chi connectivity index (χ1n) is 3.47. The monoisotopic (exact) mass is 228 g/mol. The summed E-state index contributed by atoms with van der Waals surface area (Å²) in [5.74, 6) is -1.98. The lowest BCUT2D eigenvalue weighted by atomic mass is 10.2. The zero-order chi connectivity index (χ0) is 10.9. The second-order valence-electron chi connectivity index (χ2n) is 2.44. The average molecular weight is 229 g/mol. The number of rotatable bonds is 1. The predicted octanol–water partition coefficient (Wildman–Crippen LogP) is 3.51. The van der Waals surface area contributed by atoms with Crippen molar-refractivity contribution < 1.29 is 22.3 Å². The number of hydrogen-bond donors (Lipinski definition) is 0. The molecule has 0 saturated carbocycles. The molecule has 0 saturated heterocycles. The van der Waals surface area contributed by atoms with Gasteiger partial charge in [0.25, 0.3) is 0 Å². The highest BCUT2D eigenvalue weighted by Gasteiger charge is 2.38. The number of benzene rings is 1. The fourth-order valence-corrected chi connectivity index (χ4v) is 1.25. The van der Waals surface area contributed by atoms with Gasteiger partial charge in [-0.3, -0.25) is 0 Å². The Morgan fingerprint density at radius 3 is 2.21 bits per heavy atom. The van der Waals surface area contributed by atoms with Crippen molar-refractivity contribution in [2.24, 2.45) is 0 Å². The van der Waals surface area contributed by atoms with Gasteiger partial charge in [-0.15, -0.1) is 0 Å². The lowest BCUT2D eigenvalue weighted by Gasteiger charge is -2.13. The number of halogens is 5. The van der Waals surface area contributed by atoms with E-state index in [1.165, 1.54) is 0 Å². The molecule has 1 aromatic rings. The predicted molar refractivity (Wildman–Crippen MR) is 43.0 cm³/mol. The summed E-state index contributed by atoms with van der Waals surface area (Å²) in [4.78, 5) is 0. The molecule has 1 nitrogen and oxygen atoms in total. The highest BCUT2D eigenvalue weighted by Crippen LogP contribution is 2.41. The van der Waals surface area contributed by atoms with E-state index in [1.54, 1.807) is 0 Å². The first kappa shape index (κ1) is 11.1. The van der Waals surface area contributed by atoms with Crippen molar-refractivity contribution in [3.63, 3.8) is 0 Å². The quantitative estimate of drug-likeness (QED) is 0.669. The SMILES string of the molecule is COc1c(F)ccc(Cl)c1C(F)(F)F. The van der Waals surface area contributed by atoms with Crippen LogP contribution in [-0.2, 0) is 6.18 Å². The molecule has 0 spiro atoms. The standard InChI is InChI=1S/C8H5ClF4O/c1-14-7-5(10)3-2-4(9)6(7)8(11,12)13/h2-3H,1H3. The minimum atomic E-state index is -4.73. The lowest BCUT2D eigenvalue weighted by molar-refractivity contribution is -0.138. The lowest BCUT2D eigenvalue weighted by Crippen LogP contribution is -2.09. The maximum atomic E-state index is 12.9. The first-order chi connectivity index (χ1) is 6.38. The van der Waals surface area contributed by atoms with Gasteiger partial charge in [-0.2, -0.15) is 13.2 Å².